The van der Waals surface area contributed by atoms with Gasteiger partial charge in [-0.2, -0.15) is 0 Å². The number of ether oxygens (including phenoxy) is 2. The van der Waals surface area contributed by atoms with E-state index in [1.54, 1.807) is 0 Å². The molecular formula is C16H27NO3. The monoisotopic (exact) mass is 281 g/mol. The van der Waals surface area contributed by atoms with Crippen molar-refractivity contribution < 1.29 is 14.6 Å². The lowest BCUT2D eigenvalue weighted by Crippen LogP contribution is -2.18. The summed E-state index contributed by atoms with van der Waals surface area (Å²) in [5.41, 5.74) is 1.08. The fourth-order valence-electron chi connectivity index (χ4n) is 1.69. The zero-order valence-electron chi connectivity index (χ0n) is 12.8. The van der Waals surface area contributed by atoms with Gasteiger partial charge in [-0.05, 0) is 25.5 Å². The molecule has 0 bridgehead atoms. The number of hydrogen-bond donors (Lipinski definition) is 2. The second-order valence-corrected chi connectivity index (χ2v) is 4.77. The highest BCUT2D eigenvalue weighted by atomic mass is 16.5. The SMILES string of the molecule is CCCOc1ccc(CNCC)c(OCC(O)CC)c1. The summed E-state index contributed by atoms with van der Waals surface area (Å²) in [5.74, 6) is 1.60. The van der Waals surface area contributed by atoms with Crippen LogP contribution in [0.25, 0.3) is 0 Å². The van der Waals surface area contributed by atoms with Gasteiger partial charge in [0.2, 0.25) is 0 Å². The third kappa shape index (κ3) is 5.80. The Morgan fingerprint density at radius 2 is 2.00 bits per heavy atom. The average Bonchev–Trinajstić information content (AvgIpc) is 2.49. The van der Waals surface area contributed by atoms with E-state index >= 15 is 0 Å². The molecule has 4 nitrogen and oxygen atoms in total. The highest BCUT2D eigenvalue weighted by Gasteiger charge is 2.08. The van der Waals surface area contributed by atoms with E-state index < -0.39 is 6.10 Å². The molecule has 0 fully saturated rings. The molecule has 1 unspecified atom stereocenters. The van der Waals surface area contributed by atoms with Crippen molar-refractivity contribution in [3.05, 3.63) is 23.8 Å². The summed E-state index contributed by atoms with van der Waals surface area (Å²) in [6.45, 7) is 8.76. The van der Waals surface area contributed by atoms with Crippen LogP contribution in [0, 0.1) is 0 Å². The molecular weight excluding hydrogens is 254 g/mol. The Morgan fingerprint density at radius 3 is 2.65 bits per heavy atom. The molecule has 4 heteroatoms. The van der Waals surface area contributed by atoms with Gasteiger partial charge in [0.25, 0.3) is 0 Å². The third-order valence-electron chi connectivity index (χ3n) is 2.98. The second kappa shape index (κ2) is 9.61. The van der Waals surface area contributed by atoms with E-state index in [4.69, 9.17) is 9.47 Å². The Hall–Kier alpha value is -1.26. The van der Waals surface area contributed by atoms with E-state index in [2.05, 4.69) is 19.2 Å². The zero-order valence-corrected chi connectivity index (χ0v) is 12.8. The fourth-order valence-corrected chi connectivity index (χ4v) is 1.69. The summed E-state index contributed by atoms with van der Waals surface area (Å²) < 4.78 is 11.4. The molecule has 2 N–H and O–H groups in total. The van der Waals surface area contributed by atoms with Crippen molar-refractivity contribution in [2.75, 3.05) is 19.8 Å². The van der Waals surface area contributed by atoms with Gasteiger partial charge in [0, 0.05) is 18.2 Å². The molecule has 20 heavy (non-hydrogen) atoms. The fraction of sp³-hybridized carbons (Fsp3) is 0.625. The van der Waals surface area contributed by atoms with Crippen LogP contribution in [0.4, 0.5) is 0 Å². The Balaban J connectivity index is 2.76. The maximum absolute atomic E-state index is 9.63. The Bertz CT molecular complexity index is 382. The van der Waals surface area contributed by atoms with Crippen molar-refractivity contribution in [3.63, 3.8) is 0 Å². The molecule has 0 amide bonds. The molecule has 0 aliphatic rings. The first kappa shape index (κ1) is 16.8. The molecule has 0 aliphatic heterocycles. The van der Waals surface area contributed by atoms with E-state index in [-0.39, 0.29) is 0 Å². The van der Waals surface area contributed by atoms with Crippen molar-refractivity contribution in [1.82, 2.24) is 5.32 Å². The lowest BCUT2D eigenvalue weighted by molar-refractivity contribution is 0.103. The van der Waals surface area contributed by atoms with Gasteiger partial charge in [0.15, 0.2) is 0 Å². The van der Waals surface area contributed by atoms with E-state index in [1.807, 2.05) is 25.1 Å². The first-order valence-corrected chi connectivity index (χ1v) is 7.48. The first-order chi connectivity index (χ1) is 9.71. The van der Waals surface area contributed by atoms with Crippen molar-refractivity contribution in [2.45, 2.75) is 46.3 Å². The van der Waals surface area contributed by atoms with Crippen LogP contribution in [0.1, 0.15) is 39.2 Å². The average molecular weight is 281 g/mol. The molecule has 0 aromatic heterocycles. The normalized spacial score (nSPS) is 12.2. The van der Waals surface area contributed by atoms with Crippen LogP contribution in [0.2, 0.25) is 0 Å². The summed E-state index contributed by atoms with van der Waals surface area (Å²) >= 11 is 0. The van der Waals surface area contributed by atoms with Crippen molar-refractivity contribution in [1.29, 1.82) is 0 Å². The Labute approximate surface area is 122 Å². The van der Waals surface area contributed by atoms with Gasteiger partial charge in [-0.1, -0.05) is 26.8 Å². The number of benzene rings is 1. The van der Waals surface area contributed by atoms with Gasteiger partial charge in [-0.3, -0.25) is 0 Å². The highest BCUT2D eigenvalue weighted by Crippen LogP contribution is 2.25. The number of aliphatic hydroxyl groups is 1. The number of aliphatic hydroxyl groups excluding tert-OH is 1. The maximum atomic E-state index is 9.63. The van der Waals surface area contributed by atoms with Crippen molar-refractivity contribution in [2.24, 2.45) is 0 Å². The minimum absolute atomic E-state index is 0.312. The smallest absolute Gasteiger partial charge is 0.127 e. The maximum Gasteiger partial charge on any atom is 0.127 e. The number of rotatable bonds is 10. The minimum atomic E-state index is -0.429. The predicted molar refractivity (Wildman–Crippen MR) is 81.4 cm³/mol. The molecule has 114 valence electrons. The van der Waals surface area contributed by atoms with Gasteiger partial charge in [0.05, 0.1) is 12.7 Å². The molecule has 1 atom stereocenters. The van der Waals surface area contributed by atoms with Crippen molar-refractivity contribution in [3.8, 4) is 11.5 Å². The van der Waals surface area contributed by atoms with E-state index in [9.17, 15) is 5.11 Å². The lowest BCUT2D eigenvalue weighted by atomic mass is 10.2. The van der Waals surface area contributed by atoms with Gasteiger partial charge in [-0.15, -0.1) is 0 Å². The van der Waals surface area contributed by atoms with Crippen LogP contribution in [0.5, 0.6) is 11.5 Å². The van der Waals surface area contributed by atoms with Gasteiger partial charge < -0.3 is 19.9 Å². The van der Waals surface area contributed by atoms with Crippen LogP contribution >= 0.6 is 0 Å². The lowest BCUT2D eigenvalue weighted by Gasteiger charge is -2.16. The molecule has 1 rings (SSSR count). The van der Waals surface area contributed by atoms with Crippen molar-refractivity contribution >= 4 is 0 Å². The molecule has 0 spiro atoms. The summed E-state index contributed by atoms with van der Waals surface area (Å²) in [7, 11) is 0. The summed E-state index contributed by atoms with van der Waals surface area (Å²) in [6.07, 6.45) is 1.24. The summed E-state index contributed by atoms with van der Waals surface area (Å²) in [5, 5.41) is 12.9. The molecule has 0 saturated carbocycles. The number of hydrogen-bond acceptors (Lipinski definition) is 4. The van der Waals surface area contributed by atoms with Crippen LogP contribution in [0.3, 0.4) is 0 Å². The third-order valence-corrected chi connectivity index (χ3v) is 2.98. The topological polar surface area (TPSA) is 50.7 Å². The first-order valence-electron chi connectivity index (χ1n) is 7.48. The molecule has 1 aromatic rings. The molecule has 0 saturated heterocycles. The van der Waals surface area contributed by atoms with Crippen LogP contribution in [-0.2, 0) is 6.54 Å². The van der Waals surface area contributed by atoms with Gasteiger partial charge >= 0.3 is 0 Å². The standard InChI is InChI=1S/C16H27NO3/c1-4-9-19-15-8-7-13(11-17-6-3)16(10-15)20-12-14(18)5-2/h7-8,10,14,17-18H,4-6,9,11-12H2,1-3H3. The highest BCUT2D eigenvalue weighted by molar-refractivity contribution is 5.40. The molecule has 0 radical (unpaired) electrons. The van der Waals surface area contributed by atoms with Gasteiger partial charge in [0.1, 0.15) is 18.1 Å². The molecule has 1 aromatic carbocycles. The Morgan fingerprint density at radius 1 is 1.20 bits per heavy atom. The van der Waals surface area contributed by atoms with E-state index in [0.29, 0.717) is 19.6 Å². The summed E-state index contributed by atoms with van der Waals surface area (Å²) in [6, 6.07) is 5.89. The van der Waals surface area contributed by atoms with Crippen LogP contribution in [0.15, 0.2) is 18.2 Å². The second-order valence-electron chi connectivity index (χ2n) is 4.77. The minimum Gasteiger partial charge on any atom is -0.493 e. The van der Waals surface area contributed by atoms with E-state index in [1.165, 1.54) is 0 Å². The van der Waals surface area contributed by atoms with E-state index in [0.717, 1.165) is 36.6 Å². The Kier molecular flexibility index (Phi) is 8.07. The van der Waals surface area contributed by atoms with Gasteiger partial charge in [-0.25, -0.2) is 0 Å². The quantitative estimate of drug-likeness (QED) is 0.692. The predicted octanol–water partition coefficient (Wildman–Crippen LogP) is 2.73. The largest absolute Gasteiger partial charge is 0.493 e. The zero-order chi connectivity index (χ0) is 14.8. The van der Waals surface area contributed by atoms with Crippen LogP contribution < -0.4 is 14.8 Å². The van der Waals surface area contributed by atoms with Crippen LogP contribution in [-0.4, -0.2) is 31.0 Å². The molecule has 0 heterocycles. The molecule has 0 aliphatic carbocycles. The number of nitrogens with one attached hydrogen (secondary N) is 1. The summed E-state index contributed by atoms with van der Waals surface area (Å²) in [4.78, 5) is 0.